The molecule has 1 aliphatic rings. The summed E-state index contributed by atoms with van der Waals surface area (Å²) in [5.74, 6) is 2.18. The van der Waals surface area contributed by atoms with Crippen molar-refractivity contribution >= 4 is 0 Å². The standard InChI is InChI=1S/C17H30N2O/c1-4-6-11-19(14(3)5-2)13-17-10-9-16(20-17)12-18-15-7-8-15/h9-10,14-15,18H,4-8,11-13H2,1-3H3. The van der Waals surface area contributed by atoms with Gasteiger partial charge in [0.15, 0.2) is 0 Å². The lowest BCUT2D eigenvalue weighted by Gasteiger charge is -2.27. The lowest BCUT2D eigenvalue weighted by Crippen LogP contribution is -2.32. The van der Waals surface area contributed by atoms with E-state index in [0.29, 0.717) is 6.04 Å². The molecule has 3 heteroatoms. The van der Waals surface area contributed by atoms with Crippen molar-refractivity contribution in [3.8, 4) is 0 Å². The maximum atomic E-state index is 5.96. The fourth-order valence-electron chi connectivity index (χ4n) is 2.41. The van der Waals surface area contributed by atoms with Crippen LogP contribution >= 0.6 is 0 Å². The van der Waals surface area contributed by atoms with Gasteiger partial charge in [-0.1, -0.05) is 20.3 Å². The molecule has 0 bridgehead atoms. The third-order valence-corrected chi connectivity index (χ3v) is 4.23. The van der Waals surface area contributed by atoms with Gasteiger partial charge in [-0.2, -0.15) is 0 Å². The first-order chi connectivity index (χ1) is 9.72. The number of furan rings is 1. The lowest BCUT2D eigenvalue weighted by atomic mass is 10.2. The fraction of sp³-hybridized carbons (Fsp3) is 0.765. The highest BCUT2D eigenvalue weighted by molar-refractivity contribution is 5.07. The second-order valence-electron chi connectivity index (χ2n) is 6.10. The zero-order chi connectivity index (χ0) is 14.4. The average Bonchev–Trinajstić information content (AvgIpc) is 3.19. The van der Waals surface area contributed by atoms with E-state index >= 15 is 0 Å². The molecule has 2 rings (SSSR count). The van der Waals surface area contributed by atoms with Crippen LogP contribution < -0.4 is 5.32 Å². The molecule has 1 atom stereocenters. The minimum atomic E-state index is 0.625. The zero-order valence-electron chi connectivity index (χ0n) is 13.3. The van der Waals surface area contributed by atoms with Gasteiger partial charge in [-0.15, -0.1) is 0 Å². The molecule has 0 radical (unpaired) electrons. The maximum absolute atomic E-state index is 5.96. The Morgan fingerprint density at radius 3 is 2.70 bits per heavy atom. The molecule has 1 fully saturated rings. The van der Waals surface area contributed by atoms with Gasteiger partial charge in [-0.25, -0.2) is 0 Å². The number of unbranched alkanes of at least 4 members (excludes halogenated alkanes) is 1. The quantitative estimate of drug-likeness (QED) is 0.703. The Morgan fingerprint density at radius 1 is 1.30 bits per heavy atom. The van der Waals surface area contributed by atoms with E-state index in [1.165, 1.54) is 38.6 Å². The average molecular weight is 278 g/mol. The first-order valence-electron chi connectivity index (χ1n) is 8.28. The van der Waals surface area contributed by atoms with Gasteiger partial charge in [0.05, 0.1) is 13.1 Å². The molecule has 0 aromatic carbocycles. The Balaban J connectivity index is 1.84. The van der Waals surface area contributed by atoms with Crippen molar-refractivity contribution in [2.75, 3.05) is 6.54 Å². The van der Waals surface area contributed by atoms with E-state index in [2.05, 4.69) is 43.1 Å². The normalized spacial score (nSPS) is 16.8. The summed E-state index contributed by atoms with van der Waals surface area (Å²) in [6.07, 6.45) is 6.36. The summed E-state index contributed by atoms with van der Waals surface area (Å²) < 4.78 is 5.96. The van der Waals surface area contributed by atoms with Gasteiger partial charge >= 0.3 is 0 Å². The second kappa shape index (κ2) is 7.84. The Morgan fingerprint density at radius 2 is 2.05 bits per heavy atom. The van der Waals surface area contributed by atoms with Crippen LogP contribution in [-0.2, 0) is 13.1 Å². The van der Waals surface area contributed by atoms with Crippen LogP contribution in [0, 0.1) is 0 Å². The fourth-order valence-corrected chi connectivity index (χ4v) is 2.41. The SMILES string of the molecule is CCCCN(Cc1ccc(CNC2CC2)o1)C(C)CC. The van der Waals surface area contributed by atoms with Crippen LogP contribution in [-0.4, -0.2) is 23.5 Å². The topological polar surface area (TPSA) is 28.4 Å². The third kappa shape index (κ3) is 4.95. The molecule has 1 aromatic heterocycles. The zero-order valence-corrected chi connectivity index (χ0v) is 13.3. The van der Waals surface area contributed by atoms with Crippen molar-refractivity contribution < 1.29 is 4.42 Å². The minimum Gasteiger partial charge on any atom is -0.463 e. The van der Waals surface area contributed by atoms with E-state index in [-0.39, 0.29) is 0 Å². The molecular weight excluding hydrogens is 248 g/mol. The molecule has 0 saturated heterocycles. The van der Waals surface area contributed by atoms with Crippen molar-refractivity contribution in [1.82, 2.24) is 10.2 Å². The highest BCUT2D eigenvalue weighted by Gasteiger charge is 2.20. The molecule has 0 aliphatic heterocycles. The van der Waals surface area contributed by atoms with Crippen molar-refractivity contribution in [2.24, 2.45) is 0 Å². The highest BCUT2D eigenvalue weighted by atomic mass is 16.3. The Labute approximate surface area is 123 Å². The molecule has 0 amide bonds. The van der Waals surface area contributed by atoms with Crippen molar-refractivity contribution in [3.63, 3.8) is 0 Å². The molecule has 1 N–H and O–H groups in total. The summed E-state index contributed by atoms with van der Waals surface area (Å²) >= 11 is 0. The van der Waals surface area contributed by atoms with Gasteiger partial charge in [-0.05, 0) is 51.3 Å². The van der Waals surface area contributed by atoms with E-state index in [1.807, 2.05) is 0 Å². The van der Waals surface area contributed by atoms with Crippen LogP contribution in [0.2, 0.25) is 0 Å². The van der Waals surface area contributed by atoms with E-state index in [0.717, 1.165) is 30.7 Å². The molecule has 1 aliphatic carbocycles. The predicted octanol–water partition coefficient (Wildman–Crippen LogP) is 3.93. The van der Waals surface area contributed by atoms with E-state index in [1.54, 1.807) is 0 Å². The van der Waals surface area contributed by atoms with Crippen LogP contribution in [0.15, 0.2) is 16.5 Å². The number of hydrogen-bond acceptors (Lipinski definition) is 3. The van der Waals surface area contributed by atoms with Gasteiger partial charge in [-0.3, -0.25) is 4.90 Å². The number of nitrogens with one attached hydrogen (secondary N) is 1. The summed E-state index contributed by atoms with van der Waals surface area (Å²) in [6.45, 7) is 9.82. The molecule has 1 saturated carbocycles. The van der Waals surface area contributed by atoms with Crippen LogP contribution in [0.1, 0.15) is 64.4 Å². The van der Waals surface area contributed by atoms with Crippen LogP contribution in [0.4, 0.5) is 0 Å². The molecule has 0 spiro atoms. The lowest BCUT2D eigenvalue weighted by molar-refractivity contribution is 0.176. The summed E-state index contributed by atoms with van der Waals surface area (Å²) in [7, 11) is 0. The third-order valence-electron chi connectivity index (χ3n) is 4.23. The van der Waals surface area contributed by atoms with Gasteiger partial charge in [0.25, 0.3) is 0 Å². The van der Waals surface area contributed by atoms with Gasteiger partial charge < -0.3 is 9.73 Å². The summed E-state index contributed by atoms with van der Waals surface area (Å²) in [4.78, 5) is 2.54. The molecule has 1 aromatic rings. The smallest absolute Gasteiger partial charge is 0.118 e. The van der Waals surface area contributed by atoms with Gasteiger partial charge in [0.2, 0.25) is 0 Å². The molecular formula is C17H30N2O. The number of nitrogens with zero attached hydrogens (tertiary/aromatic N) is 1. The van der Waals surface area contributed by atoms with Crippen molar-refractivity contribution in [3.05, 3.63) is 23.7 Å². The molecule has 1 heterocycles. The second-order valence-corrected chi connectivity index (χ2v) is 6.10. The first kappa shape index (κ1) is 15.6. The molecule has 1 unspecified atom stereocenters. The largest absolute Gasteiger partial charge is 0.463 e. The highest BCUT2D eigenvalue weighted by Crippen LogP contribution is 2.20. The van der Waals surface area contributed by atoms with E-state index in [4.69, 9.17) is 4.42 Å². The first-order valence-corrected chi connectivity index (χ1v) is 8.28. The Kier molecular flexibility index (Phi) is 6.11. The van der Waals surface area contributed by atoms with Crippen molar-refractivity contribution in [2.45, 2.75) is 78.0 Å². The van der Waals surface area contributed by atoms with Crippen LogP contribution in [0.3, 0.4) is 0 Å². The number of rotatable bonds is 10. The minimum absolute atomic E-state index is 0.625. The summed E-state index contributed by atoms with van der Waals surface area (Å²) in [6, 6.07) is 5.63. The predicted molar refractivity (Wildman–Crippen MR) is 83.6 cm³/mol. The maximum Gasteiger partial charge on any atom is 0.118 e. The Bertz CT molecular complexity index is 384. The van der Waals surface area contributed by atoms with E-state index < -0.39 is 0 Å². The Hall–Kier alpha value is -0.800. The molecule has 20 heavy (non-hydrogen) atoms. The van der Waals surface area contributed by atoms with E-state index in [9.17, 15) is 0 Å². The monoisotopic (exact) mass is 278 g/mol. The summed E-state index contributed by atoms with van der Waals surface area (Å²) in [5, 5.41) is 3.50. The summed E-state index contributed by atoms with van der Waals surface area (Å²) in [5.41, 5.74) is 0. The number of hydrogen-bond donors (Lipinski definition) is 1. The van der Waals surface area contributed by atoms with Gasteiger partial charge in [0, 0.05) is 12.1 Å². The molecule has 3 nitrogen and oxygen atoms in total. The van der Waals surface area contributed by atoms with Crippen LogP contribution in [0.5, 0.6) is 0 Å². The molecule has 114 valence electrons. The van der Waals surface area contributed by atoms with Gasteiger partial charge in [0.1, 0.15) is 11.5 Å². The van der Waals surface area contributed by atoms with Crippen molar-refractivity contribution in [1.29, 1.82) is 0 Å². The van der Waals surface area contributed by atoms with Crippen LogP contribution in [0.25, 0.3) is 0 Å².